The first-order valence-electron chi connectivity index (χ1n) is 7.14. The number of carbonyl (C=O) groups is 3. The summed E-state index contributed by atoms with van der Waals surface area (Å²) in [4.78, 5) is 36.5. The van der Waals surface area contributed by atoms with Crippen molar-refractivity contribution in [3.63, 3.8) is 0 Å². The zero-order valence-electron chi connectivity index (χ0n) is 12.9. The first kappa shape index (κ1) is 18.4. The largest absolute Gasteiger partial charge is 0.481 e. The number of nitrogens with one attached hydrogen (secondary N) is 1. The van der Waals surface area contributed by atoms with Crippen LogP contribution < -0.4 is 5.32 Å². The van der Waals surface area contributed by atoms with Crippen LogP contribution in [0.15, 0.2) is 0 Å². The lowest BCUT2D eigenvalue weighted by atomic mass is 9.79. The van der Waals surface area contributed by atoms with Crippen LogP contribution in [0.5, 0.6) is 0 Å². The van der Waals surface area contributed by atoms with Gasteiger partial charge in [-0.2, -0.15) is 0 Å². The van der Waals surface area contributed by atoms with E-state index in [1.165, 1.54) is 0 Å². The monoisotopic (exact) mass is 286 g/mol. The molecular formula is C14H26N2O4. The van der Waals surface area contributed by atoms with Crippen molar-refractivity contribution in [3.05, 3.63) is 0 Å². The van der Waals surface area contributed by atoms with Crippen molar-refractivity contribution in [3.8, 4) is 0 Å². The number of carboxylic acids is 1. The Morgan fingerprint density at radius 1 is 1.05 bits per heavy atom. The Kier molecular flexibility index (Phi) is 7.87. The maximum absolute atomic E-state index is 11.8. The van der Waals surface area contributed by atoms with Crippen molar-refractivity contribution in [1.29, 1.82) is 0 Å². The highest BCUT2D eigenvalue weighted by Crippen LogP contribution is 2.30. The molecular weight excluding hydrogens is 260 g/mol. The first-order valence-corrected chi connectivity index (χ1v) is 7.14. The predicted octanol–water partition coefficient (Wildman–Crippen LogP) is 1.25. The molecule has 0 saturated heterocycles. The van der Waals surface area contributed by atoms with Gasteiger partial charge in [0.2, 0.25) is 11.8 Å². The highest BCUT2D eigenvalue weighted by atomic mass is 16.4. The number of likely N-dealkylation sites (N-methyl/N-ethyl adjacent to an activating group) is 1. The molecule has 0 saturated carbocycles. The highest BCUT2D eigenvalue weighted by Gasteiger charge is 2.37. The molecule has 116 valence electrons. The second-order valence-electron chi connectivity index (χ2n) is 4.81. The van der Waals surface area contributed by atoms with Crippen molar-refractivity contribution >= 4 is 17.8 Å². The van der Waals surface area contributed by atoms with Crippen LogP contribution in [0.2, 0.25) is 0 Å². The molecule has 0 spiro atoms. The summed E-state index contributed by atoms with van der Waals surface area (Å²) in [5.41, 5.74) is -1.04. The van der Waals surface area contributed by atoms with E-state index in [9.17, 15) is 19.5 Å². The lowest BCUT2D eigenvalue weighted by Gasteiger charge is -2.26. The fraction of sp³-hybridized carbons (Fsp3) is 0.786. The number of nitrogens with zero attached hydrogens (tertiary/aromatic N) is 1. The molecule has 0 bridgehead atoms. The van der Waals surface area contributed by atoms with Gasteiger partial charge in [0.25, 0.3) is 0 Å². The summed E-state index contributed by atoms with van der Waals surface area (Å²) < 4.78 is 0. The molecule has 0 heterocycles. The van der Waals surface area contributed by atoms with Crippen LogP contribution >= 0.6 is 0 Å². The van der Waals surface area contributed by atoms with E-state index in [2.05, 4.69) is 5.32 Å². The lowest BCUT2D eigenvalue weighted by molar-refractivity contribution is -0.152. The highest BCUT2D eigenvalue weighted by molar-refractivity contribution is 5.88. The Morgan fingerprint density at radius 3 is 1.90 bits per heavy atom. The Bertz CT molecular complexity index is 347. The third-order valence-electron chi connectivity index (χ3n) is 3.86. The van der Waals surface area contributed by atoms with E-state index in [0.29, 0.717) is 25.9 Å². The molecule has 0 aromatic rings. The van der Waals surface area contributed by atoms with Crippen LogP contribution in [0.4, 0.5) is 0 Å². The minimum absolute atomic E-state index is 0.0797. The molecule has 2 amide bonds. The number of carbonyl (C=O) groups excluding carboxylic acids is 2. The smallest absolute Gasteiger partial charge is 0.310 e. The van der Waals surface area contributed by atoms with Gasteiger partial charge in [-0.05, 0) is 26.7 Å². The summed E-state index contributed by atoms with van der Waals surface area (Å²) in [5, 5.41) is 11.8. The van der Waals surface area contributed by atoms with Crippen molar-refractivity contribution in [2.45, 2.75) is 47.0 Å². The maximum atomic E-state index is 11.8. The van der Waals surface area contributed by atoms with E-state index in [4.69, 9.17) is 0 Å². The summed E-state index contributed by atoms with van der Waals surface area (Å²) in [5.74, 6) is -1.51. The van der Waals surface area contributed by atoms with E-state index < -0.39 is 17.3 Å². The molecule has 0 rings (SSSR count). The normalized spacial score (nSPS) is 11.0. The van der Waals surface area contributed by atoms with Gasteiger partial charge in [-0.25, -0.2) is 0 Å². The number of hydrogen-bond donors (Lipinski definition) is 2. The zero-order chi connectivity index (χ0) is 15.8. The molecule has 6 heteroatoms. The lowest BCUT2D eigenvalue weighted by Crippen LogP contribution is -2.42. The summed E-state index contributed by atoms with van der Waals surface area (Å²) in [6.07, 6.45) is 0.674. The first-order chi connectivity index (χ1) is 9.36. The minimum atomic E-state index is -1.04. The van der Waals surface area contributed by atoms with Crippen LogP contribution in [0.25, 0.3) is 0 Å². The molecule has 0 aromatic heterocycles. The molecule has 0 aromatic carbocycles. The number of carboxylic acid groups (broad SMARTS) is 1. The van der Waals surface area contributed by atoms with Crippen LogP contribution in [0.3, 0.4) is 0 Å². The number of hydrogen-bond acceptors (Lipinski definition) is 3. The molecule has 0 aliphatic rings. The van der Waals surface area contributed by atoms with Gasteiger partial charge in [-0.3, -0.25) is 14.4 Å². The maximum Gasteiger partial charge on any atom is 0.310 e. The average Bonchev–Trinajstić information content (AvgIpc) is 2.43. The summed E-state index contributed by atoms with van der Waals surface area (Å²) in [7, 11) is 0. The van der Waals surface area contributed by atoms with E-state index in [-0.39, 0.29) is 18.9 Å². The summed E-state index contributed by atoms with van der Waals surface area (Å²) in [6, 6.07) is 0. The van der Waals surface area contributed by atoms with Gasteiger partial charge < -0.3 is 15.3 Å². The minimum Gasteiger partial charge on any atom is -0.481 e. The van der Waals surface area contributed by atoms with Crippen LogP contribution in [0.1, 0.15) is 47.0 Å². The zero-order valence-corrected chi connectivity index (χ0v) is 12.9. The quantitative estimate of drug-likeness (QED) is 0.668. The van der Waals surface area contributed by atoms with E-state index >= 15 is 0 Å². The third kappa shape index (κ3) is 4.83. The van der Waals surface area contributed by atoms with Crippen molar-refractivity contribution < 1.29 is 19.5 Å². The van der Waals surface area contributed by atoms with Gasteiger partial charge in [0.1, 0.15) is 0 Å². The van der Waals surface area contributed by atoms with Gasteiger partial charge in [-0.15, -0.1) is 0 Å². The van der Waals surface area contributed by atoms with Crippen molar-refractivity contribution in [1.82, 2.24) is 10.2 Å². The Balaban J connectivity index is 4.49. The Hall–Kier alpha value is -1.59. The van der Waals surface area contributed by atoms with E-state index in [1.807, 2.05) is 13.8 Å². The molecule has 20 heavy (non-hydrogen) atoms. The van der Waals surface area contributed by atoms with Gasteiger partial charge in [0.05, 0.1) is 12.0 Å². The molecule has 6 nitrogen and oxygen atoms in total. The van der Waals surface area contributed by atoms with E-state index in [0.717, 1.165) is 0 Å². The Morgan fingerprint density at radius 2 is 1.55 bits per heavy atom. The van der Waals surface area contributed by atoms with Gasteiger partial charge >= 0.3 is 5.97 Å². The second-order valence-corrected chi connectivity index (χ2v) is 4.81. The van der Waals surface area contributed by atoms with Gasteiger partial charge in [0, 0.05) is 19.5 Å². The van der Waals surface area contributed by atoms with Crippen LogP contribution in [0, 0.1) is 5.41 Å². The topological polar surface area (TPSA) is 86.7 Å². The summed E-state index contributed by atoms with van der Waals surface area (Å²) in [6.45, 7) is 8.35. The average molecular weight is 286 g/mol. The van der Waals surface area contributed by atoms with E-state index in [1.54, 1.807) is 18.7 Å². The molecule has 0 radical (unpaired) electrons. The second kappa shape index (κ2) is 8.55. The molecule has 0 unspecified atom stereocenters. The standard InChI is InChI=1S/C14H26N2O4/c1-5-14(6-2,13(19)20)9-11(17)15-10-12(18)16(7-3)8-4/h5-10H2,1-4H3,(H,15,17)(H,19,20). The fourth-order valence-corrected chi connectivity index (χ4v) is 2.11. The molecule has 0 fully saturated rings. The van der Waals surface area contributed by atoms with Crippen LogP contribution in [-0.4, -0.2) is 47.4 Å². The van der Waals surface area contributed by atoms with Crippen molar-refractivity contribution in [2.24, 2.45) is 5.41 Å². The molecule has 0 aliphatic heterocycles. The molecule has 0 atom stereocenters. The molecule has 2 N–H and O–H groups in total. The number of rotatable bonds is 9. The molecule has 0 aliphatic carbocycles. The summed E-state index contributed by atoms with van der Waals surface area (Å²) >= 11 is 0. The fourth-order valence-electron chi connectivity index (χ4n) is 2.11. The predicted molar refractivity (Wildman–Crippen MR) is 76.2 cm³/mol. The SMILES string of the molecule is CCN(CC)C(=O)CNC(=O)CC(CC)(CC)C(=O)O. The van der Waals surface area contributed by atoms with Crippen LogP contribution in [-0.2, 0) is 14.4 Å². The number of aliphatic carboxylic acids is 1. The van der Waals surface area contributed by atoms with Gasteiger partial charge in [0.15, 0.2) is 0 Å². The van der Waals surface area contributed by atoms with Gasteiger partial charge in [-0.1, -0.05) is 13.8 Å². The third-order valence-corrected chi connectivity index (χ3v) is 3.86. The Labute approximate surface area is 120 Å². The number of amides is 2. The van der Waals surface area contributed by atoms with Crippen molar-refractivity contribution in [2.75, 3.05) is 19.6 Å².